The molecular formula is C22H32O2. The van der Waals surface area contributed by atoms with Crippen molar-refractivity contribution in [2.75, 3.05) is 0 Å². The third-order valence-corrected chi connectivity index (χ3v) is 3.12. The zero-order chi connectivity index (χ0) is 17.7. The quantitative estimate of drug-likeness (QED) is 0.367. The fourth-order valence-electron chi connectivity index (χ4n) is 1.85. The van der Waals surface area contributed by atoms with E-state index in [0.717, 1.165) is 38.5 Å². The molecule has 0 heterocycles. The van der Waals surface area contributed by atoms with Crippen LogP contribution in [0.1, 0.15) is 58.3 Å². The molecule has 0 aliphatic rings. The molecule has 2 nitrogen and oxygen atoms in total. The first-order valence-corrected chi connectivity index (χ1v) is 8.89. The number of hydrogen-bond acceptors (Lipinski definition) is 1. The monoisotopic (exact) mass is 328 g/mol. The number of aliphatic carboxylic acids is 1. The molecule has 0 bridgehead atoms. The van der Waals surface area contributed by atoms with E-state index in [1.54, 1.807) is 0 Å². The number of rotatable bonds is 14. The summed E-state index contributed by atoms with van der Waals surface area (Å²) in [5.41, 5.74) is 0. The van der Waals surface area contributed by atoms with Crippen LogP contribution in [-0.4, -0.2) is 11.1 Å². The minimum Gasteiger partial charge on any atom is -0.481 e. The van der Waals surface area contributed by atoms with Crippen molar-refractivity contribution in [3.63, 3.8) is 0 Å². The summed E-state index contributed by atoms with van der Waals surface area (Å²) in [5, 5.41) is 8.49. The van der Waals surface area contributed by atoms with E-state index >= 15 is 0 Å². The summed E-state index contributed by atoms with van der Waals surface area (Å²) in [6.45, 7) is 2.15. The number of allylic oxidation sites excluding steroid dienone is 12. The van der Waals surface area contributed by atoms with E-state index in [0.29, 0.717) is 6.42 Å². The van der Waals surface area contributed by atoms with Crippen LogP contribution in [0.3, 0.4) is 0 Å². The Hall–Kier alpha value is -2.09. The van der Waals surface area contributed by atoms with E-state index in [1.807, 2.05) is 12.2 Å². The van der Waals surface area contributed by atoms with Gasteiger partial charge in [0.15, 0.2) is 0 Å². The van der Waals surface area contributed by atoms with Crippen molar-refractivity contribution in [2.45, 2.75) is 58.3 Å². The number of carbonyl (C=O) groups is 1. The van der Waals surface area contributed by atoms with Crippen LogP contribution in [0, 0.1) is 0 Å². The maximum Gasteiger partial charge on any atom is 0.303 e. The molecule has 0 saturated heterocycles. The molecule has 1 N–H and O–H groups in total. The van der Waals surface area contributed by atoms with Crippen molar-refractivity contribution in [2.24, 2.45) is 0 Å². The van der Waals surface area contributed by atoms with E-state index in [4.69, 9.17) is 5.11 Å². The Morgan fingerprint density at radius 2 is 0.958 bits per heavy atom. The summed E-state index contributed by atoms with van der Waals surface area (Å²) in [5.74, 6) is -0.741. The minimum atomic E-state index is -0.741. The largest absolute Gasteiger partial charge is 0.481 e. The molecule has 24 heavy (non-hydrogen) atoms. The van der Waals surface area contributed by atoms with Gasteiger partial charge in [0.1, 0.15) is 0 Å². The normalized spacial score (nSPS) is 13.0. The van der Waals surface area contributed by atoms with Crippen molar-refractivity contribution in [3.8, 4) is 0 Å². The van der Waals surface area contributed by atoms with Crippen LogP contribution in [0.15, 0.2) is 72.9 Å². The summed E-state index contributed by atoms with van der Waals surface area (Å²) < 4.78 is 0. The molecule has 0 aromatic heterocycles. The molecule has 0 atom stereocenters. The Labute approximate surface area is 147 Å². The molecule has 0 aliphatic carbocycles. The molecule has 0 saturated carbocycles. The summed E-state index contributed by atoms with van der Waals surface area (Å²) in [7, 11) is 0. The molecule has 0 unspecified atom stereocenters. The van der Waals surface area contributed by atoms with Gasteiger partial charge in [-0.15, -0.1) is 0 Å². The maximum atomic E-state index is 10.3. The molecule has 132 valence electrons. The lowest BCUT2D eigenvalue weighted by Crippen LogP contribution is -1.91. The smallest absolute Gasteiger partial charge is 0.303 e. The molecule has 0 amide bonds. The first-order valence-electron chi connectivity index (χ1n) is 8.89. The molecule has 0 aromatic carbocycles. The highest BCUT2D eigenvalue weighted by atomic mass is 16.4. The van der Waals surface area contributed by atoms with Crippen LogP contribution < -0.4 is 0 Å². The van der Waals surface area contributed by atoms with Crippen LogP contribution in [0.2, 0.25) is 0 Å². The second-order valence-electron chi connectivity index (χ2n) is 5.35. The van der Waals surface area contributed by atoms with Crippen molar-refractivity contribution in [3.05, 3.63) is 72.9 Å². The second-order valence-corrected chi connectivity index (χ2v) is 5.35. The summed E-state index contributed by atoms with van der Waals surface area (Å²) >= 11 is 0. The van der Waals surface area contributed by atoms with E-state index < -0.39 is 5.97 Å². The molecule has 2 heteroatoms. The molecule has 0 aromatic rings. The third kappa shape index (κ3) is 19.9. The predicted molar refractivity (Wildman–Crippen MR) is 105 cm³/mol. The Morgan fingerprint density at radius 3 is 1.29 bits per heavy atom. The Morgan fingerprint density at radius 1 is 0.625 bits per heavy atom. The van der Waals surface area contributed by atoms with Gasteiger partial charge >= 0.3 is 5.97 Å². The van der Waals surface area contributed by atoms with E-state index in [-0.39, 0.29) is 6.42 Å². The van der Waals surface area contributed by atoms with Crippen molar-refractivity contribution < 1.29 is 9.90 Å². The standard InChI is InChI=1S/C22H32O2/c1-2-3-4-5-6-7-8-9-10-11-12-13-14-15-16-17-18-19-20-21-22(23)24/h3-4,6-7,9-10,12-13,15-16,18-19H,2,5,8,11,14,17,20-21H2,1H3,(H,23,24)/b4-3+,7-6-,10-9-,13-12-,16-15+,19-18+. The predicted octanol–water partition coefficient (Wildman–Crippen LogP) is 6.55. The summed E-state index contributed by atoms with van der Waals surface area (Å²) in [6.07, 6.45) is 32.5. The maximum absolute atomic E-state index is 10.3. The average Bonchev–Trinajstić information content (AvgIpc) is 2.56. The highest BCUT2D eigenvalue weighted by Gasteiger charge is 1.90. The molecule has 0 rings (SSSR count). The molecule has 0 aliphatic heterocycles. The van der Waals surface area contributed by atoms with E-state index in [2.05, 4.69) is 67.7 Å². The Kier molecular flexibility index (Phi) is 17.3. The first kappa shape index (κ1) is 21.9. The Bertz CT molecular complexity index is 462. The highest BCUT2D eigenvalue weighted by Crippen LogP contribution is 1.97. The fourth-order valence-corrected chi connectivity index (χ4v) is 1.85. The van der Waals surface area contributed by atoms with Crippen LogP contribution in [0.5, 0.6) is 0 Å². The number of carboxylic acids is 1. The second kappa shape index (κ2) is 19.0. The molecular weight excluding hydrogens is 296 g/mol. The zero-order valence-electron chi connectivity index (χ0n) is 14.9. The van der Waals surface area contributed by atoms with Gasteiger partial charge in [0, 0.05) is 6.42 Å². The molecule has 0 radical (unpaired) electrons. The lowest BCUT2D eigenvalue weighted by Gasteiger charge is -1.87. The van der Waals surface area contributed by atoms with Gasteiger partial charge in [-0.05, 0) is 44.9 Å². The van der Waals surface area contributed by atoms with Crippen molar-refractivity contribution in [1.82, 2.24) is 0 Å². The third-order valence-electron chi connectivity index (χ3n) is 3.12. The summed E-state index contributed by atoms with van der Waals surface area (Å²) in [6, 6.07) is 0. The van der Waals surface area contributed by atoms with Crippen LogP contribution in [0.25, 0.3) is 0 Å². The van der Waals surface area contributed by atoms with Crippen molar-refractivity contribution in [1.29, 1.82) is 0 Å². The van der Waals surface area contributed by atoms with E-state index in [9.17, 15) is 4.79 Å². The van der Waals surface area contributed by atoms with Crippen LogP contribution >= 0.6 is 0 Å². The lowest BCUT2D eigenvalue weighted by atomic mass is 10.2. The van der Waals surface area contributed by atoms with Crippen LogP contribution in [0.4, 0.5) is 0 Å². The van der Waals surface area contributed by atoms with Gasteiger partial charge in [-0.3, -0.25) is 4.79 Å². The highest BCUT2D eigenvalue weighted by molar-refractivity contribution is 5.66. The first-order chi connectivity index (χ1) is 11.8. The number of hydrogen-bond donors (Lipinski definition) is 1. The van der Waals surface area contributed by atoms with Gasteiger partial charge in [0.2, 0.25) is 0 Å². The SMILES string of the molecule is CC/C=C/C/C=C\C/C=C\C/C=C\C/C=C/C/C=C/CCC(=O)O. The minimum absolute atomic E-state index is 0.210. The lowest BCUT2D eigenvalue weighted by molar-refractivity contribution is -0.136. The summed E-state index contributed by atoms with van der Waals surface area (Å²) in [4.78, 5) is 10.3. The van der Waals surface area contributed by atoms with Gasteiger partial charge < -0.3 is 5.11 Å². The van der Waals surface area contributed by atoms with Gasteiger partial charge in [0.25, 0.3) is 0 Å². The molecule has 0 fully saturated rings. The number of carboxylic acid groups (broad SMARTS) is 1. The Balaban J connectivity index is 3.51. The average molecular weight is 328 g/mol. The van der Waals surface area contributed by atoms with Gasteiger partial charge in [-0.2, -0.15) is 0 Å². The van der Waals surface area contributed by atoms with E-state index in [1.165, 1.54) is 0 Å². The van der Waals surface area contributed by atoms with Gasteiger partial charge in [-0.25, -0.2) is 0 Å². The van der Waals surface area contributed by atoms with Crippen molar-refractivity contribution >= 4 is 5.97 Å². The molecule has 0 spiro atoms. The van der Waals surface area contributed by atoms with Gasteiger partial charge in [-0.1, -0.05) is 79.8 Å². The van der Waals surface area contributed by atoms with Gasteiger partial charge in [0.05, 0.1) is 0 Å². The van der Waals surface area contributed by atoms with Crippen LogP contribution in [-0.2, 0) is 4.79 Å². The fraction of sp³-hybridized carbons (Fsp3) is 0.409. The zero-order valence-corrected chi connectivity index (χ0v) is 14.9. The topological polar surface area (TPSA) is 37.3 Å².